The Morgan fingerprint density at radius 2 is 1.82 bits per heavy atom. The number of benzene rings is 3. The van der Waals surface area contributed by atoms with Crippen LogP contribution in [0.5, 0.6) is 0 Å². The fourth-order valence-corrected chi connectivity index (χ4v) is 4.60. The Morgan fingerprint density at radius 3 is 2.61 bits per heavy atom. The van der Waals surface area contributed by atoms with Crippen molar-refractivity contribution in [2.24, 2.45) is 0 Å². The van der Waals surface area contributed by atoms with Crippen molar-refractivity contribution in [3.63, 3.8) is 0 Å². The number of carboxylic acids is 1. The number of halogens is 1. The number of nitrogens with zero attached hydrogens (tertiary/aromatic N) is 2. The minimum atomic E-state index is -0.839. The highest BCUT2D eigenvalue weighted by atomic mass is 19.1. The number of unbranched alkanes of at least 4 members (excludes halogenated alkanes) is 1. The van der Waals surface area contributed by atoms with Crippen LogP contribution in [0, 0.1) is 5.82 Å². The molecular formula is C29H25FN4O4. The van der Waals surface area contributed by atoms with Crippen LogP contribution in [-0.2, 0) is 16.0 Å². The van der Waals surface area contributed by atoms with Gasteiger partial charge in [-0.15, -0.1) is 0 Å². The number of anilines is 1. The van der Waals surface area contributed by atoms with Crippen LogP contribution in [0.1, 0.15) is 53.3 Å². The second-order valence-electron chi connectivity index (χ2n) is 9.20. The van der Waals surface area contributed by atoms with E-state index in [-0.39, 0.29) is 18.7 Å². The van der Waals surface area contributed by atoms with Crippen molar-refractivity contribution in [3.8, 4) is 11.3 Å². The van der Waals surface area contributed by atoms with Gasteiger partial charge in [-0.3, -0.25) is 14.4 Å². The van der Waals surface area contributed by atoms with Gasteiger partial charge in [0.05, 0.1) is 34.9 Å². The maximum atomic E-state index is 13.9. The number of carbonyl (C=O) groups is 3. The molecule has 2 heterocycles. The summed E-state index contributed by atoms with van der Waals surface area (Å²) in [5.74, 6) is -1.97. The summed E-state index contributed by atoms with van der Waals surface area (Å²) in [6, 6.07) is 18.0. The van der Waals surface area contributed by atoms with Gasteiger partial charge in [0.15, 0.2) is 0 Å². The molecule has 1 aromatic heterocycles. The van der Waals surface area contributed by atoms with Crippen LogP contribution in [0.3, 0.4) is 0 Å². The van der Waals surface area contributed by atoms with Crippen molar-refractivity contribution in [1.29, 1.82) is 0 Å². The van der Waals surface area contributed by atoms with Gasteiger partial charge in [0, 0.05) is 28.8 Å². The third-order valence-corrected chi connectivity index (χ3v) is 6.46. The molecule has 9 heteroatoms. The van der Waals surface area contributed by atoms with Gasteiger partial charge in [-0.2, -0.15) is 0 Å². The van der Waals surface area contributed by atoms with E-state index >= 15 is 0 Å². The van der Waals surface area contributed by atoms with Gasteiger partial charge in [-0.05, 0) is 55.7 Å². The van der Waals surface area contributed by atoms with E-state index in [1.807, 2.05) is 30.3 Å². The van der Waals surface area contributed by atoms with Gasteiger partial charge in [-0.25, -0.2) is 14.4 Å². The van der Waals surface area contributed by atoms with E-state index in [4.69, 9.17) is 15.1 Å². The second-order valence-corrected chi connectivity index (χ2v) is 9.20. The number of carboxylic acid groups (broad SMARTS) is 1. The smallest absolute Gasteiger partial charge is 0.303 e. The quantitative estimate of drug-likeness (QED) is 0.284. The van der Waals surface area contributed by atoms with Gasteiger partial charge < -0.3 is 15.7 Å². The molecule has 4 aromatic rings. The zero-order valence-electron chi connectivity index (χ0n) is 20.4. The maximum absolute atomic E-state index is 13.9. The van der Waals surface area contributed by atoms with Crippen LogP contribution in [0.2, 0.25) is 0 Å². The van der Waals surface area contributed by atoms with Crippen LogP contribution >= 0.6 is 0 Å². The molecule has 1 aliphatic heterocycles. The highest BCUT2D eigenvalue weighted by Gasteiger charge is 2.27. The van der Waals surface area contributed by atoms with E-state index in [9.17, 15) is 18.8 Å². The molecule has 0 saturated carbocycles. The first-order chi connectivity index (χ1) is 18.4. The van der Waals surface area contributed by atoms with E-state index in [1.165, 1.54) is 18.2 Å². The lowest BCUT2D eigenvalue weighted by Crippen LogP contribution is -2.35. The van der Waals surface area contributed by atoms with Gasteiger partial charge in [0.25, 0.3) is 5.91 Å². The second kappa shape index (κ2) is 10.8. The van der Waals surface area contributed by atoms with Crippen molar-refractivity contribution in [3.05, 3.63) is 89.4 Å². The molecule has 1 atom stereocenters. The molecule has 192 valence electrons. The van der Waals surface area contributed by atoms with Crippen molar-refractivity contribution in [1.82, 2.24) is 15.3 Å². The lowest BCUT2D eigenvalue weighted by molar-refractivity contribution is -0.137. The molecule has 0 fully saturated rings. The van der Waals surface area contributed by atoms with E-state index in [1.54, 1.807) is 18.2 Å². The van der Waals surface area contributed by atoms with Crippen molar-refractivity contribution >= 4 is 34.5 Å². The minimum Gasteiger partial charge on any atom is -0.481 e. The molecule has 0 radical (unpaired) electrons. The molecule has 0 spiro atoms. The number of hydrogen-bond acceptors (Lipinski definition) is 5. The lowest BCUT2D eigenvalue weighted by atomic mass is 9.96. The Kier molecular flexibility index (Phi) is 7.08. The molecule has 3 aromatic carbocycles. The first kappa shape index (κ1) is 25.0. The Morgan fingerprint density at radius 1 is 1.00 bits per heavy atom. The molecule has 2 amide bonds. The van der Waals surface area contributed by atoms with Crippen LogP contribution in [0.25, 0.3) is 22.3 Å². The number of aliphatic carboxylic acids is 1. The number of rotatable bonds is 8. The summed E-state index contributed by atoms with van der Waals surface area (Å²) >= 11 is 0. The average molecular weight is 513 g/mol. The third-order valence-electron chi connectivity index (χ3n) is 6.46. The number of fused-ring (bicyclic) bond motifs is 2. The minimum absolute atomic E-state index is 0.00347. The summed E-state index contributed by atoms with van der Waals surface area (Å²) < 4.78 is 13.9. The standard InChI is InChI=1S/C29H25FN4O4/c30-19-11-13-21-20(15-19)24(16-26(35)32-21)34-29(38)18-10-12-22-25(14-18)31-23(8-4-5-9-27(36)37)28(33-22)17-6-2-1-3-7-17/h1-3,6-7,10-15,24H,4-5,8-9,16H2,(H,32,35)(H,34,38)(H,36,37)/t24-/m0/s1. The molecule has 0 aliphatic carbocycles. The van der Waals surface area contributed by atoms with E-state index in [0.29, 0.717) is 47.1 Å². The Hall–Kier alpha value is -4.66. The molecule has 0 unspecified atom stereocenters. The first-order valence-corrected chi connectivity index (χ1v) is 12.4. The normalized spacial score (nSPS) is 14.6. The van der Waals surface area contributed by atoms with Crippen molar-refractivity contribution < 1.29 is 23.9 Å². The maximum Gasteiger partial charge on any atom is 0.303 e. The fraction of sp³-hybridized carbons (Fsp3) is 0.207. The predicted octanol–water partition coefficient (Wildman–Crippen LogP) is 5.05. The molecule has 38 heavy (non-hydrogen) atoms. The molecule has 0 saturated heterocycles. The topological polar surface area (TPSA) is 121 Å². The number of amides is 2. The average Bonchev–Trinajstić information content (AvgIpc) is 2.91. The van der Waals surface area contributed by atoms with Crippen LogP contribution in [-0.4, -0.2) is 32.9 Å². The summed E-state index contributed by atoms with van der Waals surface area (Å²) in [7, 11) is 0. The Balaban J connectivity index is 1.44. The summed E-state index contributed by atoms with van der Waals surface area (Å²) in [4.78, 5) is 45.9. The molecule has 0 bridgehead atoms. The third kappa shape index (κ3) is 5.51. The molecule has 8 nitrogen and oxygen atoms in total. The molecular weight excluding hydrogens is 487 g/mol. The summed E-state index contributed by atoms with van der Waals surface area (Å²) in [5, 5.41) is 14.5. The van der Waals surface area contributed by atoms with E-state index in [0.717, 1.165) is 17.0 Å². The number of aryl methyl sites for hydroxylation is 1. The summed E-state index contributed by atoms with van der Waals surface area (Å²) in [6.07, 6.45) is 1.76. The van der Waals surface area contributed by atoms with Gasteiger partial charge in [0.1, 0.15) is 5.82 Å². The van der Waals surface area contributed by atoms with Gasteiger partial charge in [-0.1, -0.05) is 30.3 Å². The van der Waals surface area contributed by atoms with E-state index in [2.05, 4.69) is 10.6 Å². The molecule has 1 aliphatic rings. The number of aromatic nitrogens is 2. The van der Waals surface area contributed by atoms with E-state index < -0.39 is 23.7 Å². The largest absolute Gasteiger partial charge is 0.481 e. The number of nitrogens with one attached hydrogen (secondary N) is 2. The highest BCUT2D eigenvalue weighted by molar-refractivity contribution is 6.00. The van der Waals surface area contributed by atoms with Crippen molar-refractivity contribution in [2.75, 3.05) is 5.32 Å². The van der Waals surface area contributed by atoms with Gasteiger partial charge >= 0.3 is 5.97 Å². The highest BCUT2D eigenvalue weighted by Crippen LogP contribution is 2.31. The first-order valence-electron chi connectivity index (χ1n) is 12.4. The molecule has 5 rings (SSSR count). The zero-order chi connectivity index (χ0) is 26.6. The fourth-order valence-electron chi connectivity index (χ4n) is 4.60. The predicted molar refractivity (Wildman–Crippen MR) is 140 cm³/mol. The van der Waals surface area contributed by atoms with Crippen LogP contribution in [0.15, 0.2) is 66.7 Å². The lowest BCUT2D eigenvalue weighted by Gasteiger charge is -2.26. The number of hydrogen-bond donors (Lipinski definition) is 3. The van der Waals surface area contributed by atoms with Gasteiger partial charge in [0.2, 0.25) is 5.91 Å². The summed E-state index contributed by atoms with van der Waals surface area (Å²) in [6.45, 7) is 0. The SMILES string of the molecule is O=C(O)CCCCc1nc2cc(C(=O)N[C@H]3CC(=O)Nc4ccc(F)cc43)ccc2nc1-c1ccccc1. The van der Waals surface area contributed by atoms with Crippen LogP contribution in [0.4, 0.5) is 10.1 Å². The summed E-state index contributed by atoms with van der Waals surface area (Å²) in [5.41, 5.74) is 4.79. The monoisotopic (exact) mass is 512 g/mol. The van der Waals surface area contributed by atoms with Crippen molar-refractivity contribution in [2.45, 2.75) is 38.1 Å². The molecule has 3 N–H and O–H groups in total. The van der Waals surface area contributed by atoms with Crippen LogP contribution < -0.4 is 10.6 Å². The Bertz CT molecular complexity index is 1540. The Labute approximate surface area is 217 Å². The number of carbonyl (C=O) groups excluding carboxylic acids is 2. The zero-order valence-corrected chi connectivity index (χ0v) is 20.4.